The van der Waals surface area contributed by atoms with Crippen molar-refractivity contribution >= 4 is 27.8 Å². The van der Waals surface area contributed by atoms with E-state index in [0.29, 0.717) is 6.54 Å². The number of thiophene rings is 1. The zero-order valence-electron chi connectivity index (χ0n) is 14.1. The molecular weight excluding hydrogens is 367 g/mol. The lowest BCUT2D eigenvalue weighted by Gasteiger charge is -2.01. The van der Waals surface area contributed by atoms with Gasteiger partial charge in [0.2, 0.25) is 0 Å². The fraction of sp³-hybridized carbons (Fsp3) is 0.158. The zero-order chi connectivity index (χ0) is 17.9. The predicted molar refractivity (Wildman–Crippen MR) is 105 cm³/mol. The second-order valence-corrected chi connectivity index (χ2v) is 7.73. The molecule has 3 heterocycles. The molecule has 132 valence electrons. The van der Waals surface area contributed by atoms with Crippen molar-refractivity contribution in [1.29, 1.82) is 0 Å². The van der Waals surface area contributed by atoms with Crippen LogP contribution in [0.3, 0.4) is 0 Å². The molecule has 0 fully saturated rings. The van der Waals surface area contributed by atoms with Crippen molar-refractivity contribution in [3.05, 3.63) is 76.0 Å². The van der Waals surface area contributed by atoms with E-state index in [1.807, 2.05) is 29.9 Å². The average molecular weight is 385 g/mol. The quantitative estimate of drug-likeness (QED) is 0.498. The number of aromatic nitrogens is 3. The number of hydrogen-bond donors (Lipinski definition) is 1. The number of halogens is 1. The van der Waals surface area contributed by atoms with Gasteiger partial charge in [-0.15, -0.1) is 0 Å². The summed E-state index contributed by atoms with van der Waals surface area (Å²) in [5.74, 6) is -0.227. The van der Waals surface area contributed by atoms with Gasteiger partial charge >= 0.3 is 0 Å². The van der Waals surface area contributed by atoms with Crippen LogP contribution in [0.5, 0.6) is 0 Å². The summed E-state index contributed by atoms with van der Waals surface area (Å²) >= 11 is 3.29. The lowest BCUT2D eigenvalue weighted by atomic mass is 10.2. The Bertz CT molecular complexity index is 1000. The Morgan fingerprint density at radius 2 is 2.12 bits per heavy atom. The molecule has 3 aromatic heterocycles. The minimum Gasteiger partial charge on any atom is -0.357 e. The van der Waals surface area contributed by atoms with Crippen LogP contribution in [0.1, 0.15) is 16.8 Å². The molecule has 0 saturated carbocycles. The molecule has 0 aliphatic rings. The van der Waals surface area contributed by atoms with Crippen molar-refractivity contribution in [3.63, 3.8) is 0 Å². The minimum absolute atomic E-state index is 0.227. The summed E-state index contributed by atoms with van der Waals surface area (Å²) in [4.78, 5) is 5.65. The largest absolute Gasteiger partial charge is 0.357 e. The van der Waals surface area contributed by atoms with Crippen LogP contribution in [0.25, 0.3) is 10.6 Å². The number of benzene rings is 1. The fourth-order valence-electron chi connectivity index (χ4n) is 2.67. The lowest BCUT2D eigenvalue weighted by Crippen LogP contribution is -2.00. The van der Waals surface area contributed by atoms with E-state index in [2.05, 4.69) is 32.2 Å². The van der Waals surface area contributed by atoms with E-state index in [-0.39, 0.29) is 5.82 Å². The van der Waals surface area contributed by atoms with Gasteiger partial charge in [0.25, 0.3) is 0 Å². The number of nitrogens with zero attached hydrogens (tertiary/aromatic N) is 3. The van der Waals surface area contributed by atoms with Crippen LogP contribution in [0.15, 0.2) is 53.4 Å². The van der Waals surface area contributed by atoms with Gasteiger partial charge in [0.05, 0.1) is 17.1 Å². The second kappa shape index (κ2) is 7.39. The standard InChI is InChI=1S/C19H17FN4S2/c1-13-18(26-19(22-13)21-10-15-6-8-25-12-15)17-5-7-24(23-17)11-14-3-2-4-16(20)9-14/h2-9,12H,10-11H2,1H3,(H,21,22). The van der Waals surface area contributed by atoms with Gasteiger partial charge in [-0.25, -0.2) is 9.37 Å². The molecule has 7 heteroatoms. The smallest absolute Gasteiger partial charge is 0.183 e. The summed E-state index contributed by atoms with van der Waals surface area (Å²) < 4.78 is 15.1. The van der Waals surface area contributed by atoms with Crippen molar-refractivity contribution in [1.82, 2.24) is 14.8 Å². The highest BCUT2D eigenvalue weighted by molar-refractivity contribution is 7.19. The molecule has 4 aromatic rings. The molecule has 0 spiro atoms. The predicted octanol–water partition coefficient (Wildman–Crippen LogP) is 5.18. The SMILES string of the molecule is Cc1nc(NCc2ccsc2)sc1-c1ccn(Cc2cccc(F)c2)n1. The Balaban J connectivity index is 1.48. The van der Waals surface area contributed by atoms with E-state index >= 15 is 0 Å². The Hall–Kier alpha value is -2.51. The Kier molecular flexibility index (Phi) is 4.81. The summed E-state index contributed by atoms with van der Waals surface area (Å²) in [6.45, 7) is 3.30. The zero-order valence-corrected chi connectivity index (χ0v) is 15.8. The number of aryl methyl sites for hydroxylation is 1. The number of hydrogen-bond acceptors (Lipinski definition) is 5. The topological polar surface area (TPSA) is 42.7 Å². The highest BCUT2D eigenvalue weighted by atomic mass is 32.1. The molecule has 1 aromatic carbocycles. The number of nitrogens with one attached hydrogen (secondary N) is 1. The van der Waals surface area contributed by atoms with Gasteiger partial charge in [0.15, 0.2) is 5.13 Å². The molecule has 4 rings (SSSR count). The molecule has 0 unspecified atom stereocenters. The summed E-state index contributed by atoms with van der Waals surface area (Å²) in [6, 6.07) is 10.7. The first-order valence-corrected chi connectivity index (χ1v) is 9.94. The Morgan fingerprint density at radius 3 is 2.92 bits per heavy atom. The maximum Gasteiger partial charge on any atom is 0.183 e. The fourth-order valence-corrected chi connectivity index (χ4v) is 4.27. The lowest BCUT2D eigenvalue weighted by molar-refractivity contribution is 0.619. The first-order chi connectivity index (χ1) is 12.7. The van der Waals surface area contributed by atoms with E-state index in [0.717, 1.165) is 33.5 Å². The van der Waals surface area contributed by atoms with Crippen LogP contribution in [0.2, 0.25) is 0 Å². The van der Waals surface area contributed by atoms with Crippen molar-refractivity contribution in [2.75, 3.05) is 5.32 Å². The summed E-state index contributed by atoms with van der Waals surface area (Å²) in [6.07, 6.45) is 1.91. The van der Waals surface area contributed by atoms with Gasteiger partial charge in [0, 0.05) is 12.7 Å². The van der Waals surface area contributed by atoms with Crippen LogP contribution in [0.4, 0.5) is 9.52 Å². The van der Waals surface area contributed by atoms with Crippen LogP contribution < -0.4 is 5.32 Å². The van der Waals surface area contributed by atoms with Crippen LogP contribution in [-0.2, 0) is 13.1 Å². The number of thiazole rings is 1. The number of anilines is 1. The Labute approximate surface area is 159 Å². The molecule has 0 amide bonds. The van der Waals surface area contributed by atoms with E-state index in [1.54, 1.807) is 28.7 Å². The van der Waals surface area contributed by atoms with Crippen molar-refractivity contribution in [3.8, 4) is 10.6 Å². The molecule has 4 nitrogen and oxygen atoms in total. The molecule has 0 bridgehead atoms. The van der Waals surface area contributed by atoms with Crippen LogP contribution >= 0.6 is 22.7 Å². The molecule has 0 saturated heterocycles. The maximum absolute atomic E-state index is 13.3. The van der Waals surface area contributed by atoms with E-state index in [4.69, 9.17) is 0 Å². The normalized spacial score (nSPS) is 11.0. The van der Waals surface area contributed by atoms with E-state index in [1.165, 1.54) is 17.7 Å². The first-order valence-electron chi connectivity index (χ1n) is 8.18. The molecule has 0 radical (unpaired) electrons. The monoisotopic (exact) mass is 384 g/mol. The van der Waals surface area contributed by atoms with Crippen LogP contribution in [0, 0.1) is 12.7 Å². The summed E-state index contributed by atoms with van der Waals surface area (Å²) in [7, 11) is 0. The highest BCUT2D eigenvalue weighted by Crippen LogP contribution is 2.32. The average Bonchev–Trinajstić information content (AvgIpc) is 3.34. The van der Waals surface area contributed by atoms with Crippen molar-refractivity contribution in [2.24, 2.45) is 0 Å². The molecule has 0 aliphatic carbocycles. The van der Waals surface area contributed by atoms with E-state index < -0.39 is 0 Å². The molecule has 0 atom stereocenters. The first kappa shape index (κ1) is 16.9. The third-order valence-electron chi connectivity index (χ3n) is 3.93. The van der Waals surface area contributed by atoms with Gasteiger partial charge in [-0.2, -0.15) is 16.4 Å². The Morgan fingerprint density at radius 1 is 1.19 bits per heavy atom. The second-order valence-electron chi connectivity index (χ2n) is 5.95. The number of rotatable bonds is 6. The van der Waals surface area contributed by atoms with Gasteiger partial charge in [-0.1, -0.05) is 23.5 Å². The highest BCUT2D eigenvalue weighted by Gasteiger charge is 2.12. The van der Waals surface area contributed by atoms with Gasteiger partial charge < -0.3 is 5.32 Å². The van der Waals surface area contributed by atoms with Crippen molar-refractivity contribution in [2.45, 2.75) is 20.0 Å². The molecule has 26 heavy (non-hydrogen) atoms. The maximum atomic E-state index is 13.3. The molecule has 1 N–H and O–H groups in total. The molecule has 0 aliphatic heterocycles. The van der Waals surface area contributed by atoms with Gasteiger partial charge in [0.1, 0.15) is 11.5 Å². The van der Waals surface area contributed by atoms with Crippen LogP contribution in [-0.4, -0.2) is 14.8 Å². The summed E-state index contributed by atoms with van der Waals surface area (Å²) in [5, 5.41) is 13.1. The third kappa shape index (κ3) is 3.84. The molecular formula is C19H17FN4S2. The van der Waals surface area contributed by atoms with E-state index in [9.17, 15) is 4.39 Å². The van der Waals surface area contributed by atoms with Crippen molar-refractivity contribution < 1.29 is 4.39 Å². The van der Waals surface area contributed by atoms with Gasteiger partial charge in [-0.05, 0) is 53.1 Å². The summed E-state index contributed by atoms with van der Waals surface area (Å²) in [5.41, 5.74) is 3.99. The minimum atomic E-state index is -0.227. The third-order valence-corrected chi connectivity index (χ3v) is 5.80. The van der Waals surface area contributed by atoms with Gasteiger partial charge in [-0.3, -0.25) is 4.68 Å².